The van der Waals surface area contributed by atoms with Crippen LogP contribution in [0.25, 0.3) is 10.8 Å². The second-order valence-electron chi connectivity index (χ2n) is 9.98. The van der Waals surface area contributed by atoms with E-state index in [1.807, 2.05) is 54.7 Å². The highest BCUT2D eigenvalue weighted by molar-refractivity contribution is 7.80. The van der Waals surface area contributed by atoms with Crippen LogP contribution >= 0.6 is 12.2 Å². The van der Waals surface area contributed by atoms with Crippen LogP contribution < -0.4 is 10.6 Å². The summed E-state index contributed by atoms with van der Waals surface area (Å²) in [6.07, 6.45) is 11.7. The van der Waals surface area contributed by atoms with Crippen molar-refractivity contribution in [2.24, 2.45) is 0 Å². The molecule has 0 bridgehead atoms. The molecule has 2 aliphatic rings. The maximum Gasteiger partial charge on any atom is 0.226 e. The number of thiocarbonyl (C=S) groups is 1. The number of pyridine rings is 1. The molecule has 1 saturated heterocycles. The lowest BCUT2D eigenvalue weighted by Gasteiger charge is -2.27. The number of carbonyl (C=O) groups excluding carboxylic acids is 1. The fraction of sp³-hybridized carbons (Fsp3) is 0.300. The van der Waals surface area contributed by atoms with Crippen LogP contribution in [0.15, 0.2) is 85.3 Å². The van der Waals surface area contributed by atoms with E-state index in [1.165, 1.54) is 31.2 Å². The normalized spacial score (nSPS) is 19.9. The number of benzene rings is 2. The summed E-state index contributed by atoms with van der Waals surface area (Å²) in [5.74, 6) is -0.0253. The highest BCUT2D eigenvalue weighted by Crippen LogP contribution is 2.40. The third-order valence-electron chi connectivity index (χ3n) is 7.67. The lowest BCUT2D eigenvalue weighted by molar-refractivity contribution is -0.116. The fourth-order valence-electron chi connectivity index (χ4n) is 5.81. The van der Waals surface area contributed by atoms with Gasteiger partial charge in [0, 0.05) is 48.7 Å². The molecule has 1 aliphatic carbocycles. The van der Waals surface area contributed by atoms with Crippen LogP contribution in [-0.4, -0.2) is 32.0 Å². The van der Waals surface area contributed by atoms with E-state index in [1.54, 1.807) is 0 Å². The largest absolute Gasteiger partial charge is 0.352 e. The first-order chi connectivity index (χ1) is 18.2. The van der Waals surface area contributed by atoms with Gasteiger partial charge in [-0.05, 0) is 60.3 Å². The number of nitrogens with one attached hydrogen (secondary N) is 2. The monoisotopic (exact) mass is 509 g/mol. The van der Waals surface area contributed by atoms with Crippen molar-refractivity contribution in [3.05, 3.63) is 96.6 Å². The molecule has 2 N–H and O–H groups in total. The van der Waals surface area contributed by atoms with E-state index in [2.05, 4.69) is 55.7 Å². The maximum atomic E-state index is 13.1. The topological polar surface area (TPSA) is 62.2 Å². The molecule has 1 aliphatic heterocycles. The van der Waals surface area contributed by atoms with Crippen LogP contribution in [0.1, 0.15) is 61.5 Å². The average Bonchev–Trinajstić information content (AvgIpc) is 3.68. The molecule has 6 rings (SSSR count). The number of anilines is 1. The molecule has 7 heteroatoms. The molecule has 2 aromatic carbocycles. The van der Waals surface area contributed by atoms with Crippen molar-refractivity contribution in [2.45, 2.75) is 50.2 Å². The molecule has 4 aromatic rings. The first-order valence-electron chi connectivity index (χ1n) is 13.1. The van der Waals surface area contributed by atoms with Gasteiger partial charge in [0.1, 0.15) is 0 Å². The standard InChI is InChI=1S/C30H31N5OS/c36-27(32-25-14-7-9-21-8-1-4-12-24(21)25)16-19-35-29(22-15-18-34(20-22)23-10-2-3-11-23)28(33-30(35)37)26-13-5-6-17-31-26/h1,4-9,12-15,17-18,20,23,28-29H,2-3,10-11,16,19H2,(H,32,36)(H,33,37)/t28-,29+/m0/s1. The van der Waals surface area contributed by atoms with Gasteiger partial charge in [-0.2, -0.15) is 0 Å². The van der Waals surface area contributed by atoms with E-state index in [0.29, 0.717) is 24.1 Å². The zero-order valence-corrected chi connectivity index (χ0v) is 21.5. The molecule has 0 unspecified atom stereocenters. The third kappa shape index (κ3) is 4.83. The first kappa shape index (κ1) is 23.7. The Balaban J connectivity index is 1.23. The lowest BCUT2D eigenvalue weighted by Crippen LogP contribution is -2.32. The summed E-state index contributed by atoms with van der Waals surface area (Å²) in [5.41, 5.74) is 2.98. The molecule has 2 atom stereocenters. The molecule has 0 spiro atoms. The second kappa shape index (κ2) is 10.3. The third-order valence-corrected chi connectivity index (χ3v) is 8.02. The Morgan fingerprint density at radius 3 is 2.68 bits per heavy atom. The van der Waals surface area contributed by atoms with E-state index in [4.69, 9.17) is 12.2 Å². The van der Waals surface area contributed by atoms with E-state index in [-0.39, 0.29) is 18.0 Å². The highest BCUT2D eigenvalue weighted by atomic mass is 32.1. The number of hydrogen-bond donors (Lipinski definition) is 2. The number of nitrogens with zero attached hydrogens (tertiary/aromatic N) is 3. The molecule has 1 saturated carbocycles. The van der Waals surface area contributed by atoms with Gasteiger partial charge in [0.25, 0.3) is 0 Å². The molecule has 2 fully saturated rings. The highest BCUT2D eigenvalue weighted by Gasteiger charge is 2.40. The van der Waals surface area contributed by atoms with Gasteiger partial charge in [0.05, 0.1) is 17.8 Å². The van der Waals surface area contributed by atoms with Gasteiger partial charge in [0.15, 0.2) is 5.11 Å². The smallest absolute Gasteiger partial charge is 0.226 e. The molecule has 37 heavy (non-hydrogen) atoms. The van der Waals surface area contributed by atoms with Gasteiger partial charge >= 0.3 is 0 Å². The van der Waals surface area contributed by atoms with Crippen molar-refractivity contribution in [1.29, 1.82) is 0 Å². The van der Waals surface area contributed by atoms with E-state index in [9.17, 15) is 4.79 Å². The summed E-state index contributed by atoms with van der Waals surface area (Å²) < 4.78 is 2.37. The zero-order valence-electron chi connectivity index (χ0n) is 20.7. The van der Waals surface area contributed by atoms with Gasteiger partial charge in [0.2, 0.25) is 5.91 Å². The Kier molecular flexibility index (Phi) is 6.62. The Labute approximate surface area is 222 Å². The van der Waals surface area contributed by atoms with Crippen LogP contribution in [0, 0.1) is 0 Å². The Bertz CT molecular complexity index is 1410. The van der Waals surface area contributed by atoms with Crippen molar-refractivity contribution in [3.63, 3.8) is 0 Å². The number of amides is 1. The minimum absolute atomic E-state index is 0.0253. The van der Waals surface area contributed by atoms with Gasteiger partial charge in [-0.25, -0.2) is 0 Å². The predicted octanol–water partition coefficient (Wildman–Crippen LogP) is 6.15. The van der Waals surface area contributed by atoms with Crippen LogP contribution in [0.3, 0.4) is 0 Å². The number of aromatic nitrogens is 2. The minimum Gasteiger partial charge on any atom is -0.352 e. The molecule has 0 radical (unpaired) electrons. The van der Waals surface area contributed by atoms with Crippen molar-refractivity contribution in [1.82, 2.24) is 19.8 Å². The first-order valence-corrected chi connectivity index (χ1v) is 13.5. The van der Waals surface area contributed by atoms with Gasteiger partial charge < -0.3 is 20.1 Å². The van der Waals surface area contributed by atoms with E-state index < -0.39 is 0 Å². The lowest BCUT2D eigenvalue weighted by atomic mass is 9.99. The second-order valence-corrected chi connectivity index (χ2v) is 10.4. The number of fused-ring (bicyclic) bond motifs is 1. The molecule has 3 heterocycles. The predicted molar refractivity (Wildman–Crippen MR) is 151 cm³/mol. The summed E-state index contributed by atoms with van der Waals surface area (Å²) >= 11 is 5.80. The van der Waals surface area contributed by atoms with E-state index in [0.717, 1.165) is 22.2 Å². The Morgan fingerprint density at radius 2 is 1.84 bits per heavy atom. The zero-order chi connectivity index (χ0) is 25.2. The van der Waals surface area contributed by atoms with Crippen molar-refractivity contribution in [2.75, 3.05) is 11.9 Å². The van der Waals surface area contributed by atoms with Crippen molar-refractivity contribution < 1.29 is 4.79 Å². The summed E-state index contributed by atoms with van der Waals surface area (Å²) in [5, 5.41) is 9.42. The molecular weight excluding hydrogens is 478 g/mol. The average molecular weight is 510 g/mol. The molecule has 188 valence electrons. The number of hydrogen-bond acceptors (Lipinski definition) is 3. The van der Waals surface area contributed by atoms with Crippen LogP contribution in [0.4, 0.5) is 5.69 Å². The van der Waals surface area contributed by atoms with Crippen LogP contribution in [0.5, 0.6) is 0 Å². The molecular formula is C30H31N5OS. The van der Waals surface area contributed by atoms with Crippen molar-refractivity contribution in [3.8, 4) is 0 Å². The SMILES string of the molecule is O=C(CCN1C(=S)N[C@@H](c2ccccn2)[C@H]1c1ccn(C2CCCC2)c1)Nc1cccc2ccccc12. The summed E-state index contributed by atoms with van der Waals surface area (Å²) in [4.78, 5) is 19.9. The Morgan fingerprint density at radius 1 is 1.03 bits per heavy atom. The molecule has 1 amide bonds. The number of rotatable bonds is 7. The fourth-order valence-corrected chi connectivity index (χ4v) is 6.15. The minimum atomic E-state index is -0.0748. The van der Waals surface area contributed by atoms with Crippen LogP contribution in [0.2, 0.25) is 0 Å². The summed E-state index contributed by atoms with van der Waals surface area (Å²) in [6.45, 7) is 0.519. The number of carbonyl (C=O) groups is 1. The molecule has 2 aromatic heterocycles. The van der Waals surface area contributed by atoms with Crippen LogP contribution in [-0.2, 0) is 4.79 Å². The van der Waals surface area contributed by atoms with Gasteiger partial charge in [-0.3, -0.25) is 9.78 Å². The molecule has 6 nitrogen and oxygen atoms in total. The van der Waals surface area contributed by atoms with Crippen molar-refractivity contribution >= 4 is 39.7 Å². The van der Waals surface area contributed by atoms with E-state index >= 15 is 0 Å². The summed E-state index contributed by atoms with van der Waals surface area (Å²) in [6, 6.07) is 22.7. The van der Waals surface area contributed by atoms with Gasteiger partial charge in [-0.1, -0.05) is 55.3 Å². The Hall–Kier alpha value is -3.71. The maximum absolute atomic E-state index is 13.1. The summed E-state index contributed by atoms with van der Waals surface area (Å²) in [7, 11) is 0. The van der Waals surface area contributed by atoms with Gasteiger partial charge in [-0.15, -0.1) is 0 Å². The quantitative estimate of drug-likeness (QED) is 0.293.